The SMILES string of the molecule is O=CCCc1ccc2[nH]c3ccccc3c2c1. The Morgan fingerprint density at radius 3 is 2.71 bits per heavy atom. The monoisotopic (exact) mass is 223 g/mol. The van der Waals surface area contributed by atoms with Gasteiger partial charge in [0, 0.05) is 28.2 Å². The molecule has 17 heavy (non-hydrogen) atoms. The summed E-state index contributed by atoms with van der Waals surface area (Å²) in [5.41, 5.74) is 3.53. The van der Waals surface area contributed by atoms with Crippen LogP contribution < -0.4 is 0 Å². The molecular weight excluding hydrogens is 210 g/mol. The number of carbonyl (C=O) groups excluding carboxylic acids is 1. The van der Waals surface area contributed by atoms with Gasteiger partial charge in [-0.3, -0.25) is 0 Å². The molecule has 1 N–H and O–H groups in total. The van der Waals surface area contributed by atoms with E-state index in [1.54, 1.807) is 0 Å². The highest BCUT2D eigenvalue weighted by molar-refractivity contribution is 6.07. The molecule has 0 aliphatic heterocycles. The molecule has 0 radical (unpaired) electrons. The molecule has 0 saturated heterocycles. The first-order valence-electron chi connectivity index (χ1n) is 5.81. The van der Waals surface area contributed by atoms with Gasteiger partial charge in [0.25, 0.3) is 0 Å². The zero-order valence-electron chi connectivity index (χ0n) is 9.44. The van der Waals surface area contributed by atoms with Crippen molar-refractivity contribution in [1.82, 2.24) is 4.98 Å². The first kappa shape index (κ1) is 10.1. The lowest BCUT2D eigenvalue weighted by Gasteiger charge is -1.98. The van der Waals surface area contributed by atoms with Crippen LogP contribution in [0.1, 0.15) is 12.0 Å². The van der Waals surface area contributed by atoms with E-state index >= 15 is 0 Å². The van der Waals surface area contributed by atoms with Crippen molar-refractivity contribution in [1.29, 1.82) is 0 Å². The molecule has 1 aromatic heterocycles. The molecule has 3 rings (SSSR count). The number of aromatic amines is 1. The number of aromatic nitrogens is 1. The minimum atomic E-state index is 0.591. The van der Waals surface area contributed by atoms with Gasteiger partial charge in [0.05, 0.1) is 0 Å². The van der Waals surface area contributed by atoms with E-state index in [0.717, 1.165) is 23.7 Å². The summed E-state index contributed by atoms with van der Waals surface area (Å²) < 4.78 is 0. The molecule has 0 atom stereocenters. The van der Waals surface area contributed by atoms with Gasteiger partial charge in [0.15, 0.2) is 0 Å². The highest BCUT2D eigenvalue weighted by Crippen LogP contribution is 2.26. The first-order valence-corrected chi connectivity index (χ1v) is 5.81. The molecule has 2 nitrogen and oxygen atoms in total. The predicted octanol–water partition coefficient (Wildman–Crippen LogP) is 3.45. The van der Waals surface area contributed by atoms with Gasteiger partial charge in [-0.05, 0) is 30.2 Å². The van der Waals surface area contributed by atoms with Gasteiger partial charge in [-0.15, -0.1) is 0 Å². The number of carbonyl (C=O) groups is 1. The molecule has 2 aromatic carbocycles. The van der Waals surface area contributed by atoms with Crippen molar-refractivity contribution in [3.8, 4) is 0 Å². The van der Waals surface area contributed by atoms with E-state index in [1.165, 1.54) is 16.3 Å². The molecular formula is C15H13NO. The van der Waals surface area contributed by atoms with E-state index in [9.17, 15) is 4.79 Å². The van der Waals surface area contributed by atoms with Gasteiger partial charge in [0.1, 0.15) is 6.29 Å². The average Bonchev–Trinajstić information content (AvgIpc) is 2.74. The third-order valence-electron chi connectivity index (χ3n) is 3.12. The molecule has 0 fully saturated rings. The zero-order valence-corrected chi connectivity index (χ0v) is 9.44. The molecule has 84 valence electrons. The Bertz CT molecular complexity index is 682. The minimum Gasteiger partial charge on any atom is -0.355 e. The molecule has 0 bridgehead atoms. The smallest absolute Gasteiger partial charge is 0.120 e. The van der Waals surface area contributed by atoms with Crippen LogP contribution in [0, 0.1) is 0 Å². The molecule has 0 aliphatic carbocycles. The molecule has 0 saturated carbocycles. The molecule has 0 spiro atoms. The molecule has 3 aromatic rings. The minimum absolute atomic E-state index is 0.591. The van der Waals surface area contributed by atoms with E-state index in [2.05, 4.69) is 35.3 Å². The summed E-state index contributed by atoms with van der Waals surface area (Å²) >= 11 is 0. The van der Waals surface area contributed by atoms with E-state index < -0.39 is 0 Å². The molecule has 0 aliphatic rings. The standard InChI is InChI=1S/C15H13NO/c17-9-3-4-11-7-8-15-13(10-11)12-5-1-2-6-14(12)16-15/h1-2,5-10,16H,3-4H2. The van der Waals surface area contributed by atoms with Crippen LogP contribution in [0.25, 0.3) is 21.8 Å². The maximum atomic E-state index is 10.4. The third kappa shape index (κ3) is 1.72. The Balaban J connectivity index is 2.19. The van der Waals surface area contributed by atoms with Crippen LogP contribution in [0.2, 0.25) is 0 Å². The van der Waals surface area contributed by atoms with Crippen LogP contribution in [-0.4, -0.2) is 11.3 Å². The number of fused-ring (bicyclic) bond motifs is 3. The van der Waals surface area contributed by atoms with Gasteiger partial charge < -0.3 is 9.78 Å². The number of rotatable bonds is 3. The van der Waals surface area contributed by atoms with Crippen LogP contribution in [0.5, 0.6) is 0 Å². The van der Waals surface area contributed by atoms with Crippen molar-refractivity contribution < 1.29 is 4.79 Å². The second kappa shape index (κ2) is 4.06. The van der Waals surface area contributed by atoms with Crippen molar-refractivity contribution in [3.63, 3.8) is 0 Å². The molecule has 0 amide bonds. The van der Waals surface area contributed by atoms with E-state index in [-0.39, 0.29) is 0 Å². The fourth-order valence-electron chi connectivity index (χ4n) is 2.28. The summed E-state index contributed by atoms with van der Waals surface area (Å²) in [5, 5.41) is 2.49. The lowest BCUT2D eigenvalue weighted by atomic mass is 10.1. The number of H-pyrrole nitrogens is 1. The maximum absolute atomic E-state index is 10.4. The third-order valence-corrected chi connectivity index (χ3v) is 3.12. The predicted molar refractivity (Wildman–Crippen MR) is 70.2 cm³/mol. The van der Waals surface area contributed by atoms with Crippen LogP contribution >= 0.6 is 0 Å². The average molecular weight is 223 g/mol. The molecule has 1 heterocycles. The van der Waals surface area contributed by atoms with Gasteiger partial charge in [-0.25, -0.2) is 0 Å². The summed E-state index contributed by atoms with van der Waals surface area (Å²) in [4.78, 5) is 13.8. The van der Waals surface area contributed by atoms with Crippen molar-refractivity contribution >= 4 is 28.1 Å². The van der Waals surface area contributed by atoms with Crippen molar-refractivity contribution in [3.05, 3.63) is 48.0 Å². The number of benzene rings is 2. The van der Waals surface area contributed by atoms with Crippen molar-refractivity contribution in [2.75, 3.05) is 0 Å². The second-order valence-electron chi connectivity index (χ2n) is 4.26. The van der Waals surface area contributed by atoms with Gasteiger partial charge >= 0.3 is 0 Å². The van der Waals surface area contributed by atoms with Crippen LogP contribution in [0.15, 0.2) is 42.5 Å². The number of aldehydes is 1. The van der Waals surface area contributed by atoms with Gasteiger partial charge in [0.2, 0.25) is 0 Å². The number of hydrogen-bond donors (Lipinski definition) is 1. The first-order chi connectivity index (χ1) is 8.38. The number of aryl methyl sites for hydroxylation is 1. The Morgan fingerprint density at radius 1 is 1.00 bits per heavy atom. The van der Waals surface area contributed by atoms with Crippen LogP contribution in [0.3, 0.4) is 0 Å². The largest absolute Gasteiger partial charge is 0.355 e. The fraction of sp³-hybridized carbons (Fsp3) is 0.133. The highest BCUT2D eigenvalue weighted by atomic mass is 16.1. The molecule has 2 heteroatoms. The quantitative estimate of drug-likeness (QED) is 0.678. The van der Waals surface area contributed by atoms with Crippen molar-refractivity contribution in [2.24, 2.45) is 0 Å². The second-order valence-corrected chi connectivity index (χ2v) is 4.26. The lowest BCUT2D eigenvalue weighted by molar-refractivity contribution is -0.107. The summed E-state index contributed by atoms with van der Waals surface area (Å²) in [6, 6.07) is 14.6. The number of nitrogens with one attached hydrogen (secondary N) is 1. The Morgan fingerprint density at radius 2 is 1.82 bits per heavy atom. The van der Waals surface area contributed by atoms with Crippen molar-refractivity contribution in [2.45, 2.75) is 12.8 Å². The van der Waals surface area contributed by atoms with Gasteiger partial charge in [-0.2, -0.15) is 0 Å². The molecule has 0 unspecified atom stereocenters. The zero-order chi connectivity index (χ0) is 11.7. The number of para-hydroxylation sites is 1. The summed E-state index contributed by atoms with van der Waals surface area (Å²) in [6.07, 6.45) is 2.38. The number of hydrogen-bond acceptors (Lipinski definition) is 1. The summed E-state index contributed by atoms with van der Waals surface area (Å²) in [7, 11) is 0. The fourth-order valence-corrected chi connectivity index (χ4v) is 2.28. The Kier molecular flexibility index (Phi) is 2.41. The van der Waals surface area contributed by atoms with Crippen LogP contribution in [-0.2, 0) is 11.2 Å². The lowest BCUT2D eigenvalue weighted by Crippen LogP contribution is -1.85. The van der Waals surface area contributed by atoms with E-state index in [0.29, 0.717) is 6.42 Å². The normalized spacial score (nSPS) is 11.1. The van der Waals surface area contributed by atoms with Gasteiger partial charge in [-0.1, -0.05) is 24.3 Å². The summed E-state index contributed by atoms with van der Waals surface area (Å²) in [6.45, 7) is 0. The van der Waals surface area contributed by atoms with E-state index in [4.69, 9.17) is 0 Å². The topological polar surface area (TPSA) is 32.9 Å². The summed E-state index contributed by atoms with van der Waals surface area (Å²) in [5.74, 6) is 0. The Labute approximate surface area is 99.3 Å². The highest BCUT2D eigenvalue weighted by Gasteiger charge is 2.03. The van der Waals surface area contributed by atoms with Crippen LogP contribution in [0.4, 0.5) is 0 Å². The maximum Gasteiger partial charge on any atom is 0.120 e. The Hall–Kier alpha value is -2.09. The van der Waals surface area contributed by atoms with E-state index in [1.807, 2.05) is 12.1 Å².